The lowest BCUT2D eigenvalue weighted by Gasteiger charge is -2.15. The van der Waals surface area contributed by atoms with Crippen molar-refractivity contribution < 1.29 is 13.2 Å². The molecule has 0 aromatic heterocycles. The van der Waals surface area contributed by atoms with Gasteiger partial charge in [-0.15, -0.1) is 0 Å². The van der Waals surface area contributed by atoms with Crippen LogP contribution in [0.25, 0.3) is 6.08 Å². The van der Waals surface area contributed by atoms with E-state index in [4.69, 9.17) is 5.26 Å². The second kappa shape index (κ2) is 8.46. The molecule has 1 amide bonds. The van der Waals surface area contributed by atoms with Crippen LogP contribution in [0.5, 0.6) is 0 Å². The van der Waals surface area contributed by atoms with Crippen molar-refractivity contribution in [3.8, 4) is 6.07 Å². The first kappa shape index (κ1) is 18.9. The normalized spacial score (nSPS) is 12.8. The second-order valence-corrected chi connectivity index (χ2v) is 6.92. The predicted octanol–water partition coefficient (Wildman–Crippen LogP) is 1.62. The Hall–Kier alpha value is -2.17. The van der Waals surface area contributed by atoms with Crippen LogP contribution in [0.3, 0.4) is 0 Å². The van der Waals surface area contributed by atoms with Gasteiger partial charge in [0.05, 0.1) is 16.9 Å². The fraction of sp³-hybridized carbons (Fsp3) is 0.375. The first-order chi connectivity index (χ1) is 10.8. The Balaban J connectivity index is 2.75. The molecule has 0 spiro atoms. The number of sulfonamides is 1. The zero-order chi connectivity index (χ0) is 17.5. The van der Waals surface area contributed by atoms with E-state index in [1.165, 1.54) is 23.1 Å². The molecule has 1 unspecified atom stereocenters. The Kier molecular flexibility index (Phi) is 6.94. The minimum Gasteiger partial charge on any atom is -0.341 e. The lowest BCUT2D eigenvalue weighted by Crippen LogP contribution is -2.29. The summed E-state index contributed by atoms with van der Waals surface area (Å²) in [7, 11) is -1.84. The molecule has 6 nitrogen and oxygen atoms in total. The number of nitrogens with one attached hydrogen (secondary N) is 1. The highest BCUT2D eigenvalue weighted by Gasteiger charge is 2.12. The zero-order valence-corrected chi connectivity index (χ0v) is 14.3. The van der Waals surface area contributed by atoms with E-state index in [9.17, 15) is 13.2 Å². The van der Waals surface area contributed by atoms with Crippen LogP contribution in [0.15, 0.2) is 35.2 Å². The summed E-state index contributed by atoms with van der Waals surface area (Å²) in [6.45, 7) is 4.15. The van der Waals surface area contributed by atoms with Gasteiger partial charge < -0.3 is 4.90 Å². The van der Waals surface area contributed by atoms with Crippen LogP contribution in [0.2, 0.25) is 0 Å². The van der Waals surface area contributed by atoms with E-state index in [0.717, 1.165) is 5.56 Å². The molecule has 1 rings (SSSR count). The van der Waals surface area contributed by atoms with Crippen molar-refractivity contribution >= 4 is 22.0 Å². The number of nitriles is 1. The van der Waals surface area contributed by atoms with Crippen molar-refractivity contribution in [2.24, 2.45) is 5.92 Å². The van der Waals surface area contributed by atoms with Crippen molar-refractivity contribution in [1.82, 2.24) is 9.62 Å². The number of likely N-dealkylation sites (N-methyl/N-ethyl adjacent to an activating group) is 1. The minimum absolute atomic E-state index is 0.183. The van der Waals surface area contributed by atoms with Gasteiger partial charge in [0.15, 0.2) is 0 Å². The zero-order valence-electron chi connectivity index (χ0n) is 13.5. The van der Waals surface area contributed by atoms with E-state index in [1.807, 2.05) is 0 Å². The van der Waals surface area contributed by atoms with Gasteiger partial charge >= 0.3 is 0 Å². The van der Waals surface area contributed by atoms with Crippen LogP contribution < -0.4 is 4.72 Å². The fourth-order valence-electron chi connectivity index (χ4n) is 1.87. The summed E-state index contributed by atoms with van der Waals surface area (Å²) in [5.74, 6) is -0.440. The highest BCUT2D eigenvalue weighted by molar-refractivity contribution is 7.89. The third-order valence-electron chi connectivity index (χ3n) is 3.09. The van der Waals surface area contributed by atoms with Crippen molar-refractivity contribution in [1.29, 1.82) is 5.26 Å². The van der Waals surface area contributed by atoms with Gasteiger partial charge in [0.1, 0.15) is 0 Å². The molecule has 1 aromatic rings. The number of hydrogen-bond donors (Lipinski definition) is 1. The molecule has 0 saturated heterocycles. The Morgan fingerprint density at radius 1 is 1.39 bits per heavy atom. The number of hydrogen-bond acceptors (Lipinski definition) is 4. The molecule has 0 fully saturated rings. The number of nitrogens with zero attached hydrogens (tertiary/aromatic N) is 2. The fourth-order valence-corrected chi connectivity index (χ4v) is 2.91. The summed E-state index contributed by atoms with van der Waals surface area (Å²) >= 11 is 0. The van der Waals surface area contributed by atoms with Crippen molar-refractivity contribution in [2.75, 3.05) is 20.1 Å². The SMILES string of the molecule is CCNS(=O)(=O)c1ccc(/C=C/C(=O)N(C)CC(C)C#N)cc1. The topological polar surface area (TPSA) is 90.3 Å². The first-order valence-corrected chi connectivity index (χ1v) is 8.71. The lowest BCUT2D eigenvalue weighted by atomic mass is 10.2. The summed E-state index contributed by atoms with van der Waals surface area (Å²) in [4.78, 5) is 13.6. The lowest BCUT2D eigenvalue weighted by molar-refractivity contribution is -0.125. The quantitative estimate of drug-likeness (QED) is 0.767. The standard InChI is InChI=1S/C16H21N3O3S/c1-4-18-23(21,22)15-8-5-14(6-9-15)7-10-16(20)19(3)12-13(2)11-17/h5-10,13,18H,4,12H2,1-3H3/b10-7+. The molecule has 0 heterocycles. The van der Waals surface area contributed by atoms with E-state index in [-0.39, 0.29) is 16.7 Å². The Bertz CT molecular complexity index is 703. The van der Waals surface area contributed by atoms with Gasteiger partial charge in [-0.2, -0.15) is 5.26 Å². The molecule has 0 aliphatic carbocycles. The number of benzene rings is 1. The maximum atomic E-state index is 11.9. The monoisotopic (exact) mass is 335 g/mol. The molecular weight excluding hydrogens is 314 g/mol. The Labute approximate surface area is 137 Å². The number of carbonyl (C=O) groups is 1. The van der Waals surface area contributed by atoms with Gasteiger partial charge in [-0.05, 0) is 30.7 Å². The van der Waals surface area contributed by atoms with Crippen molar-refractivity contribution in [3.63, 3.8) is 0 Å². The Morgan fingerprint density at radius 2 is 2.00 bits per heavy atom. The molecule has 1 N–H and O–H groups in total. The van der Waals surface area contributed by atoms with Crippen LogP contribution in [0.4, 0.5) is 0 Å². The van der Waals surface area contributed by atoms with Gasteiger partial charge in [-0.25, -0.2) is 13.1 Å². The van der Waals surface area contributed by atoms with E-state index >= 15 is 0 Å². The molecule has 1 atom stereocenters. The van der Waals surface area contributed by atoms with Gasteiger partial charge in [0.25, 0.3) is 0 Å². The summed E-state index contributed by atoms with van der Waals surface area (Å²) in [5.41, 5.74) is 0.718. The average molecular weight is 335 g/mol. The molecule has 124 valence electrons. The maximum Gasteiger partial charge on any atom is 0.246 e. The molecule has 1 aromatic carbocycles. The third-order valence-corrected chi connectivity index (χ3v) is 4.65. The third kappa shape index (κ3) is 5.85. The highest BCUT2D eigenvalue weighted by atomic mass is 32.2. The summed E-state index contributed by atoms with van der Waals surface area (Å²) in [5, 5.41) is 8.74. The summed E-state index contributed by atoms with van der Waals surface area (Å²) in [6, 6.07) is 8.32. The molecule has 0 radical (unpaired) electrons. The molecule has 0 saturated carbocycles. The number of amides is 1. The number of rotatable bonds is 7. The molecule has 0 bridgehead atoms. The first-order valence-electron chi connectivity index (χ1n) is 7.22. The van der Waals surface area contributed by atoms with Crippen molar-refractivity contribution in [3.05, 3.63) is 35.9 Å². The van der Waals surface area contributed by atoms with Crippen LogP contribution in [-0.4, -0.2) is 39.4 Å². The molecule has 0 aliphatic rings. The molecule has 7 heteroatoms. The van der Waals surface area contributed by atoms with Gasteiger partial charge in [-0.3, -0.25) is 4.79 Å². The van der Waals surface area contributed by atoms with Crippen molar-refractivity contribution in [2.45, 2.75) is 18.7 Å². The minimum atomic E-state index is -3.47. The highest BCUT2D eigenvalue weighted by Crippen LogP contribution is 2.11. The smallest absolute Gasteiger partial charge is 0.246 e. The second-order valence-electron chi connectivity index (χ2n) is 5.15. The van der Waals surface area contributed by atoms with E-state index in [0.29, 0.717) is 13.1 Å². The van der Waals surface area contributed by atoms with Gasteiger partial charge in [0.2, 0.25) is 15.9 Å². The number of carbonyl (C=O) groups excluding carboxylic acids is 1. The Morgan fingerprint density at radius 3 is 2.52 bits per heavy atom. The molecule has 0 aliphatic heterocycles. The van der Waals surface area contributed by atoms with E-state index in [2.05, 4.69) is 10.8 Å². The summed E-state index contributed by atoms with van der Waals surface area (Å²) < 4.78 is 26.0. The predicted molar refractivity (Wildman–Crippen MR) is 88.8 cm³/mol. The van der Waals surface area contributed by atoms with Crippen LogP contribution in [-0.2, 0) is 14.8 Å². The van der Waals surface area contributed by atoms with E-state index < -0.39 is 10.0 Å². The molecular formula is C16H21N3O3S. The molecule has 23 heavy (non-hydrogen) atoms. The maximum absolute atomic E-state index is 11.9. The largest absolute Gasteiger partial charge is 0.341 e. The van der Waals surface area contributed by atoms with Gasteiger partial charge in [0, 0.05) is 26.2 Å². The van der Waals surface area contributed by atoms with Crippen LogP contribution in [0.1, 0.15) is 19.4 Å². The van der Waals surface area contributed by atoms with Crippen LogP contribution in [0, 0.1) is 17.2 Å². The summed E-state index contributed by atoms with van der Waals surface area (Å²) in [6.07, 6.45) is 3.01. The average Bonchev–Trinajstić information content (AvgIpc) is 2.52. The van der Waals surface area contributed by atoms with Gasteiger partial charge in [-0.1, -0.05) is 19.1 Å². The van der Waals surface area contributed by atoms with Crippen LogP contribution >= 0.6 is 0 Å². The van der Waals surface area contributed by atoms with E-state index in [1.54, 1.807) is 39.1 Å².